The van der Waals surface area contributed by atoms with E-state index < -0.39 is 0 Å². The maximum Gasteiger partial charge on any atom is 0.161 e. The van der Waals surface area contributed by atoms with Crippen LogP contribution < -0.4 is 10.5 Å². The van der Waals surface area contributed by atoms with Crippen molar-refractivity contribution in [3.8, 4) is 11.5 Å². The molecular weight excluding hydrogens is 206 g/mol. The van der Waals surface area contributed by atoms with Gasteiger partial charge in [0.25, 0.3) is 0 Å². The highest BCUT2D eigenvalue weighted by Gasteiger charge is 2.08. The van der Waals surface area contributed by atoms with Crippen molar-refractivity contribution >= 4 is 6.29 Å². The van der Waals surface area contributed by atoms with Crippen molar-refractivity contribution in [3.63, 3.8) is 0 Å². The van der Waals surface area contributed by atoms with Crippen LogP contribution in [0, 0.1) is 0 Å². The summed E-state index contributed by atoms with van der Waals surface area (Å²) in [4.78, 5) is 10.9. The maximum atomic E-state index is 10.9. The molecule has 0 aromatic heterocycles. The van der Waals surface area contributed by atoms with Gasteiger partial charge in [-0.3, -0.25) is 4.79 Å². The molecule has 0 saturated carbocycles. The average Bonchev–Trinajstić information content (AvgIpc) is 2.30. The lowest BCUT2D eigenvalue weighted by Gasteiger charge is -2.09. The fourth-order valence-corrected chi connectivity index (χ4v) is 1.58. The summed E-state index contributed by atoms with van der Waals surface area (Å²) in [5, 5.41) is 9.60. The molecule has 4 nitrogen and oxygen atoms in total. The number of aromatic hydroxyl groups is 1. The number of methoxy groups -OCH3 is 1. The Morgan fingerprint density at radius 1 is 1.44 bits per heavy atom. The number of hydrogen-bond acceptors (Lipinski definition) is 4. The van der Waals surface area contributed by atoms with Crippen LogP contribution in [0.25, 0.3) is 0 Å². The van der Waals surface area contributed by atoms with Gasteiger partial charge in [0.2, 0.25) is 0 Å². The number of unbranched alkanes of at least 4 members (excludes halogenated alkanes) is 1. The molecule has 0 saturated heterocycles. The van der Waals surface area contributed by atoms with E-state index in [9.17, 15) is 9.90 Å². The summed E-state index contributed by atoms with van der Waals surface area (Å²) < 4.78 is 4.94. The van der Waals surface area contributed by atoms with Crippen molar-refractivity contribution < 1.29 is 14.6 Å². The molecule has 3 N–H and O–H groups in total. The zero-order chi connectivity index (χ0) is 12.0. The molecule has 4 heteroatoms. The zero-order valence-electron chi connectivity index (χ0n) is 9.40. The van der Waals surface area contributed by atoms with Gasteiger partial charge >= 0.3 is 0 Å². The smallest absolute Gasteiger partial charge is 0.161 e. The number of aldehydes is 1. The fourth-order valence-electron chi connectivity index (χ4n) is 1.58. The Bertz CT molecular complexity index is 364. The monoisotopic (exact) mass is 223 g/mol. The minimum absolute atomic E-state index is 0.0656. The van der Waals surface area contributed by atoms with Crippen molar-refractivity contribution in [2.45, 2.75) is 19.3 Å². The van der Waals surface area contributed by atoms with E-state index in [1.807, 2.05) is 0 Å². The third-order valence-electron chi connectivity index (χ3n) is 2.47. The van der Waals surface area contributed by atoms with E-state index in [-0.39, 0.29) is 5.75 Å². The van der Waals surface area contributed by atoms with E-state index in [1.54, 1.807) is 12.1 Å². The number of carbonyl (C=O) groups is 1. The van der Waals surface area contributed by atoms with Crippen LogP contribution in [0.5, 0.6) is 11.5 Å². The summed E-state index contributed by atoms with van der Waals surface area (Å²) in [5.74, 6) is 0.389. The Morgan fingerprint density at radius 3 is 2.75 bits per heavy atom. The van der Waals surface area contributed by atoms with Crippen LogP contribution >= 0.6 is 0 Å². The van der Waals surface area contributed by atoms with Crippen molar-refractivity contribution in [3.05, 3.63) is 23.3 Å². The van der Waals surface area contributed by atoms with Crippen molar-refractivity contribution in [1.82, 2.24) is 0 Å². The largest absolute Gasteiger partial charge is 0.504 e. The first-order valence-electron chi connectivity index (χ1n) is 5.28. The molecule has 0 aliphatic heterocycles. The van der Waals surface area contributed by atoms with Crippen LogP contribution in [0.1, 0.15) is 28.8 Å². The first-order valence-corrected chi connectivity index (χ1v) is 5.28. The van der Waals surface area contributed by atoms with E-state index in [4.69, 9.17) is 10.5 Å². The highest BCUT2D eigenvalue weighted by molar-refractivity contribution is 5.79. The number of rotatable bonds is 6. The van der Waals surface area contributed by atoms with Crippen molar-refractivity contribution in [2.24, 2.45) is 5.73 Å². The first-order chi connectivity index (χ1) is 7.72. The molecule has 1 rings (SSSR count). The topological polar surface area (TPSA) is 72.5 Å². The molecule has 88 valence electrons. The summed E-state index contributed by atoms with van der Waals surface area (Å²) in [6.07, 6.45) is 3.33. The van der Waals surface area contributed by atoms with E-state index in [1.165, 1.54) is 7.11 Å². The number of phenolic OH excluding ortho intramolecular Hbond substituents is 1. The highest BCUT2D eigenvalue weighted by atomic mass is 16.5. The normalized spacial score (nSPS) is 10.1. The van der Waals surface area contributed by atoms with Gasteiger partial charge in [-0.15, -0.1) is 0 Å². The van der Waals surface area contributed by atoms with E-state index in [2.05, 4.69) is 0 Å². The van der Waals surface area contributed by atoms with Crippen LogP contribution in [-0.2, 0) is 6.42 Å². The molecule has 16 heavy (non-hydrogen) atoms. The number of nitrogens with two attached hydrogens (primary N) is 1. The van der Waals surface area contributed by atoms with Crippen LogP contribution in [0.2, 0.25) is 0 Å². The molecular formula is C12H17NO3. The van der Waals surface area contributed by atoms with E-state index in [0.29, 0.717) is 17.9 Å². The van der Waals surface area contributed by atoms with Gasteiger partial charge in [-0.05, 0) is 43.5 Å². The van der Waals surface area contributed by atoms with Crippen LogP contribution in [0.15, 0.2) is 12.1 Å². The van der Waals surface area contributed by atoms with Gasteiger partial charge in [0, 0.05) is 5.56 Å². The Morgan fingerprint density at radius 2 is 2.19 bits per heavy atom. The Hall–Kier alpha value is -1.55. The lowest BCUT2D eigenvalue weighted by Crippen LogP contribution is -2.00. The van der Waals surface area contributed by atoms with Gasteiger partial charge < -0.3 is 15.6 Å². The van der Waals surface area contributed by atoms with Crippen LogP contribution in [-0.4, -0.2) is 25.0 Å². The summed E-state index contributed by atoms with van der Waals surface area (Å²) in [7, 11) is 1.46. The summed E-state index contributed by atoms with van der Waals surface area (Å²) >= 11 is 0. The number of hydrogen-bond donors (Lipinski definition) is 2. The number of benzene rings is 1. The van der Waals surface area contributed by atoms with E-state index in [0.717, 1.165) is 31.1 Å². The predicted octanol–water partition coefficient (Wildman–Crippen LogP) is 1.49. The zero-order valence-corrected chi connectivity index (χ0v) is 9.40. The molecule has 0 spiro atoms. The lowest BCUT2D eigenvalue weighted by molar-refractivity contribution is 0.112. The second-order valence-electron chi connectivity index (χ2n) is 3.59. The molecule has 1 aromatic carbocycles. The number of ether oxygens (including phenoxy) is 1. The molecule has 0 radical (unpaired) electrons. The molecule has 0 fully saturated rings. The maximum absolute atomic E-state index is 10.9. The van der Waals surface area contributed by atoms with Gasteiger partial charge in [0.05, 0.1) is 7.11 Å². The molecule has 0 bridgehead atoms. The van der Waals surface area contributed by atoms with Crippen molar-refractivity contribution in [2.75, 3.05) is 13.7 Å². The lowest BCUT2D eigenvalue weighted by atomic mass is 10.0. The minimum Gasteiger partial charge on any atom is -0.504 e. The number of phenols is 1. The quantitative estimate of drug-likeness (QED) is 0.566. The van der Waals surface area contributed by atoms with Gasteiger partial charge in [-0.25, -0.2) is 0 Å². The average molecular weight is 223 g/mol. The second-order valence-corrected chi connectivity index (χ2v) is 3.59. The van der Waals surface area contributed by atoms with E-state index >= 15 is 0 Å². The standard InChI is InChI=1S/C12H17NO3/c1-16-12-7-10(8-14)9(6-11(12)15)4-2-3-5-13/h6-8,15H,2-5,13H2,1H3. The summed E-state index contributed by atoms with van der Waals surface area (Å²) in [6, 6.07) is 3.14. The van der Waals surface area contributed by atoms with Gasteiger partial charge in [-0.2, -0.15) is 0 Å². The first kappa shape index (κ1) is 12.5. The molecule has 0 unspecified atom stereocenters. The molecule has 0 heterocycles. The molecule has 0 amide bonds. The fraction of sp³-hybridized carbons (Fsp3) is 0.417. The third-order valence-corrected chi connectivity index (χ3v) is 2.47. The van der Waals surface area contributed by atoms with Crippen LogP contribution in [0.3, 0.4) is 0 Å². The molecule has 1 aromatic rings. The third kappa shape index (κ3) is 2.97. The second kappa shape index (κ2) is 6.12. The number of carbonyl (C=O) groups excluding carboxylic acids is 1. The molecule has 0 aliphatic carbocycles. The molecule has 0 atom stereocenters. The predicted molar refractivity (Wildman–Crippen MR) is 62.0 cm³/mol. The van der Waals surface area contributed by atoms with Gasteiger partial charge in [0.15, 0.2) is 11.5 Å². The van der Waals surface area contributed by atoms with Crippen LogP contribution in [0.4, 0.5) is 0 Å². The van der Waals surface area contributed by atoms with Crippen molar-refractivity contribution in [1.29, 1.82) is 0 Å². The summed E-state index contributed by atoms with van der Waals surface area (Å²) in [6.45, 7) is 0.637. The van der Waals surface area contributed by atoms with Gasteiger partial charge in [-0.1, -0.05) is 0 Å². The summed E-state index contributed by atoms with van der Waals surface area (Å²) in [5.41, 5.74) is 6.80. The SMILES string of the molecule is COc1cc(C=O)c(CCCCN)cc1O. The Balaban J connectivity index is 2.90. The number of aryl methyl sites for hydroxylation is 1. The Kier molecular flexibility index (Phi) is 4.79. The van der Waals surface area contributed by atoms with Gasteiger partial charge in [0.1, 0.15) is 6.29 Å². The molecule has 0 aliphatic rings. The Labute approximate surface area is 95.0 Å². The minimum atomic E-state index is 0.0656. The highest BCUT2D eigenvalue weighted by Crippen LogP contribution is 2.29.